The number of nitrogens with zero attached hydrogens (tertiary/aromatic N) is 3. The van der Waals surface area contributed by atoms with Gasteiger partial charge in [0.1, 0.15) is 12.3 Å². The number of ether oxygens (including phenoxy) is 1. The van der Waals surface area contributed by atoms with E-state index in [-0.39, 0.29) is 12.3 Å². The largest absolute Gasteiger partial charge is 0.508 e. The molecule has 5 rings (SSSR count). The van der Waals surface area contributed by atoms with Crippen LogP contribution in [0.1, 0.15) is 16.8 Å². The molecular weight excluding hydrogens is 398 g/mol. The number of anilines is 1. The molecule has 3 N–H and O–H groups in total. The summed E-state index contributed by atoms with van der Waals surface area (Å²) in [6.07, 6.45) is 1.68. The lowest BCUT2D eigenvalue weighted by Crippen LogP contribution is -2.45. The number of phenols is 1. The first-order valence-electron chi connectivity index (χ1n) is 9.52. The first kappa shape index (κ1) is 18.7. The molecule has 2 aromatic heterocycles. The lowest BCUT2D eigenvalue weighted by atomic mass is 9.82. The van der Waals surface area contributed by atoms with Crippen molar-refractivity contribution in [3.8, 4) is 16.9 Å². The SMILES string of the molecule is COC(=O)C1(c2ccc(O)cc2)Nc2ccccc2-c2c(CN=O)nnc3[nH]cc1c23. The highest BCUT2D eigenvalue weighted by Gasteiger charge is 2.48. The third kappa shape index (κ3) is 2.59. The number of carbonyl (C=O) groups is 1. The van der Waals surface area contributed by atoms with Crippen LogP contribution in [0.2, 0.25) is 0 Å². The Kier molecular flexibility index (Phi) is 4.18. The summed E-state index contributed by atoms with van der Waals surface area (Å²) in [6, 6.07) is 13.8. The van der Waals surface area contributed by atoms with E-state index >= 15 is 0 Å². The molecule has 1 aliphatic heterocycles. The fraction of sp³-hybridized carbons (Fsp3) is 0.136. The molecule has 1 atom stereocenters. The average Bonchev–Trinajstić information content (AvgIpc) is 3.17. The molecular formula is C22H17N5O4. The number of aromatic hydroxyl groups is 1. The zero-order chi connectivity index (χ0) is 21.6. The number of methoxy groups -OCH3 is 1. The minimum absolute atomic E-state index is 0.0719. The highest BCUT2D eigenvalue weighted by atomic mass is 16.5. The number of para-hydroxylation sites is 1. The molecule has 0 saturated carbocycles. The number of H-pyrrole nitrogens is 1. The van der Waals surface area contributed by atoms with E-state index in [0.29, 0.717) is 39.1 Å². The Morgan fingerprint density at radius 1 is 1.16 bits per heavy atom. The molecule has 0 aliphatic carbocycles. The number of hydrogen-bond acceptors (Lipinski definition) is 8. The Hall–Kier alpha value is -4.27. The molecule has 0 bridgehead atoms. The topological polar surface area (TPSA) is 130 Å². The van der Waals surface area contributed by atoms with Crippen molar-refractivity contribution in [3.63, 3.8) is 0 Å². The van der Waals surface area contributed by atoms with Crippen LogP contribution < -0.4 is 5.32 Å². The van der Waals surface area contributed by atoms with E-state index in [1.54, 1.807) is 18.3 Å². The van der Waals surface area contributed by atoms with Crippen LogP contribution in [-0.2, 0) is 21.6 Å². The fourth-order valence-electron chi connectivity index (χ4n) is 4.26. The minimum atomic E-state index is -1.45. The monoisotopic (exact) mass is 415 g/mol. The highest BCUT2D eigenvalue weighted by molar-refractivity contribution is 6.07. The van der Waals surface area contributed by atoms with Crippen LogP contribution in [0.5, 0.6) is 5.75 Å². The first-order valence-corrected chi connectivity index (χ1v) is 9.52. The summed E-state index contributed by atoms with van der Waals surface area (Å²) in [7, 11) is 1.32. The van der Waals surface area contributed by atoms with E-state index in [4.69, 9.17) is 4.74 Å². The number of phenolic OH excluding ortho intramolecular Hbond substituents is 1. The molecule has 0 spiro atoms. The number of carbonyl (C=O) groups excluding carboxylic acids is 1. The first-order chi connectivity index (χ1) is 15.1. The number of aromatic amines is 1. The molecule has 3 heterocycles. The zero-order valence-corrected chi connectivity index (χ0v) is 16.4. The number of esters is 1. The van der Waals surface area contributed by atoms with Gasteiger partial charge < -0.3 is 20.1 Å². The van der Waals surface area contributed by atoms with Crippen LogP contribution >= 0.6 is 0 Å². The normalized spacial score (nSPS) is 16.8. The Morgan fingerprint density at radius 3 is 2.68 bits per heavy atom. The summed E-state index contributed by atoms with van der Waals surface area (Å²) in [5.74, 6) is -0.476. The number of fused-ring (bicyclic) bond motifs is 2. The van der Waals surface area contributed by atoms with Gasteiger partial charge in [0.05, 0.1) is 12.8 Å². The number of aromatic nitrogens is 3. The van der Waals surface area contributed by atoms with Gasteiger partial charge in [0, 0.05) is 34.0 Å². The van der Waals surface area contributed by atoms with E-state index in [0.717, 1.165) is 5.56 Å². The Labute approximate surface area is 176 Å². The van der Waals surface area contributed by atoms with Gasteiger partial charge in [0.25, 0.3) is 0 Å². The lowest BCUT2D eigenvalue weighted by Gasteiger charge is -2.32. The van der Waals surface area contributed by atoms with Gasteiger partial charge in [0.15, 0.2) is 11.2 Å². The number of nitrogens with one attached hydrogen (secondary N) is 2. The van der Waals surface area contributed by atoms with Gasteiger partial charge in [-0.2, -0.15) is 10.0 Å². The van der Waals surface area contributed by atoms with E-state index < -0.39 is 11.5 Å². The van der Waals surface area contributed by atoms with Crippen LogP contribution in [0, 0.1) is 4.91 Å². The van der Waals surface area contributed by atoms with Gasteiger partial charge in [-0.15, -0.1) is 5.10 Å². The van der Waals surface area contributed by atoms with Crippen molar-refractivity contribution in [2.75, 3.05) is 12.4 Å². The molecule has 31 heavy (non-hydrogen) atoms. The predicted octanol–water partition coefficient (Wildman–Crippen LogP) is 3.44. The predicted molar refractivity (Wildman–Crippen MR) is 113 cm³/mol. The molecule has 4 aromatic rings. The fourth-order valence-corrected chi connectivity index (χ4v) is 4.26. The van der Waals surface area contributed by atoms with E-state index in [9.17, 15) is 14.8 Å². The molecule has 2 aromatic carbocycles. The van der Waals surface area contributed by atoms with E-state index in [2.05, 4.69) is 25.7 Å². The van der Waals surface area contributed by atoms with Crippen LogP contribution in [0.4, 0.5) is 5.69 Å². The van der Waals surface area contributed by atoms with Gasteiger partial charge in [-0.05, 0) is 23.8 Å². The summed E-state index contributed by atoms with van der Waals surface area (Å²) in [5, 5.41) is 25.3. The van der Waals surface area contributed by atoms with Gasteiger partial charge in [0.2, 0.25) is 0 Å². The summed E-state index contributed by atoms with van der Waals surface area (Å²) >= 11 is 0. The van der Waals surface area contributed by atoms with Crippen LogP contribution in [0.15, 0.2) is 59.9 Å². The van der Waals surface area contributed by atoms with Crippen molar-refractivity contribution in [1.29, 1.82) is 0 Å². The maximum atomic E-state index is 13.4. The van der Waals surface area contributed by atoms with Gasteiger partial charge in [-0.1, -0.05) is 35.5 Å². The van der Waals surface area contributed by atoms with Gasteiger partial charge >= 0.3 is 5.97 Å². The maximum Gasteiger partial charge on any atom is 0.341 e. The smallest absolute Gasteiger partial charge is 0.341 e. The Morgan fingerprint density at radius 2 is 1.94 bits per heavy atom. The third-order valence-electron chi connectivity index (χ3n) is 5.60. The number of rotatable bonds is 4. The molecule has 0 amide bonds. The van der Waals surface area contributed by atoms with Crippen LogP contribution in [0.25, 0.3) is 22.2 Å². The summed E-state index contributed by atoms with van der Waals surface area (Å²) in [6.45, 7) is -0.165. The molecule has 1 unspecified atom stereocenters. The van der Waals surface area contributed by atoms with Crippen molar-refractivity contribution in [2.24, 2.45) is 5.18 Å². The van der Waals surface area contributed by atoms with Crippen LogP contribution in [-0.4, -0.2) is 33.4 Å². The molecule has 0 radical (unpaired) electrons. The molecule has 154 valence electrons. The molecule has 0 saturated heterocycles. The van der Waals surface area contributed by atoms with Gasteiger partial charge in [-0.3, -0.25) is 0 Å². The second-order valence-electron chi connectivity index (χ2n) is 7.19. The van der Waals surface area contributed by atoms with Crippen LogP contribution in [0.3, 0.4) is 0 Å². The zero-order valence-electron chi connectivity index (χ0n) is 16.4. The highest BCUT2D eigenvalue weighted by Crippen LogP contribution is 2.48. The summed E-state index contributed by atoms with van der Waals surface area (Å²) in [5.41, 5.74) is 2.63. The van der Waals surface area contributed by atoms with Crippen molar-refractivity contribution in [3.05, 3.63) is 76.5 Å². The van der Waals surface area contributed by atoms with E-state index in [1.165, 1.54) is 19.2 Å². The molecule has 1 aliphatic rings. The summed E-state index contributed by atoms with van der Waals surface area (Å²) < 4.78 is 5.26. The maximum absolute atomic E-state index is 13.4. The third-order valence-corrected chi connectivity index (χ3v) is 5.60. The average molecular weight is 415 g/mol. The minimum Gasteiger partial charge on any atom is -0.508 e. The quantitative estimate of drug-likeness (QED) is 0.344. The summed E-state index contributed by atoms with van der Waals surface area (Å²) in [4.78, 5) is 27.6. The Bertz CT molecular complexity index is 1330. The molecule has 9 heteroatoms. The standard InChI is InChI=1S/C22H17N5O4/c1-31-21(29)22(12-6-8-13(28)9-7-12)15-10-23-20-19(15)18(17(11-24-30)26-27-20)14-4-2-3-5-16(14)25-22/h2-10,25,28H,11H2,1H3,(H,23,27). The van der Waals surface area contributed by atoms with Gasteiger partial charge in [-0.25, -0.2) is 4.79 Å². The second-order valence-corrected chi connectivity index (χ2v) is 7.19. The van der Waals surface area contributed by atoms with E-state index in [1.807, 2.05) is 24.3 Å². The lowest BCUT2D eigenvalue weighted by molar-refractivity contribution is -0.144. The molecule has 9 nitrogen and oxygen atoms in total. The van der Waals surface area contributed by atoms with Crippen molar-refractivity contribution in [2.45, 2.75) is 12.1 Å². The number of nitroso groups, excluding NO2 is 1. The Balaban J connectivity index is 1.97. The van der Waals surface area contributed by atoms with Crippen molar-refractivity contribution >= 4 is 22.7 Å². The number of hydrogen-bond donors (Lipinski definition) is 3. The number of benzene rings is 2. The molecule has 0 fully saturated rings. The van der Waals surface area contributed by atoms with Crippen molar-refractivity contribution in [1.82, 2.24) is 15.2 Å². The van der Waals surface area contributed by atoms with Crippen molar-refractivity contribution < 1.29 is 14.6 Å². The second kappa shape index (κ2) is 6.91.